The van der Waals surface area contributed by atoms with Crippen LogP contribution in [-0.4, -0.2) is 31.1 Å². The van der Waals surface area contributed by atoms with Crippen LogP contribution in [0.25, 0.3) is 0 Å². The molecule has 0 saturated carbocycles. The maximum absolute atomic E-state index is 6.02. The van der Waals surface area contributed by atoms with E-state index < -0.39 is 0 Å². The van der Waals surface area contributed by atoms with Crippen LogP contribution >= 0.6 is 0 Å². The molecule has 1 aliphatic heterocycles. The van der Waals surface area contributed by atoms with E-state index in [1.54, 1.807) is 0 Å². The summed E-state index contributed by atoms with van der Waals surface area (Å²) < 4.78 is 6.02. The molecule has 0 bridgehead atoms. The van der Waals surface area contributed by atoms with Crippen molar-refractivity contribution in [2.75, 3.05) is 26.2 Å². The molecule has 0 aliphatic carbocycles. The Morgan fingerprint density at radius 1 is 1.21 bits per heavy atom. The molecule has 1 saturated heterocycles. The SMILES string of the molecule is Cc1cc(C)c(OCCN2CCC[C@@H](C)C2)c(C)c1. The van der Waals surface area contributed by atoms with Crippen molar-refractivity contribution in [2.24, 2.45) is 5.92 Å². The zero-order valence-corrected chi connectivity index (χ0v) is 12.8. The van der Waals surface area contributed by atoms with Gasteiger partial charge in [0.2, 0.25) is 0 Å². The minimum absolute atomic E-state index is 0.803. The summed E-state index contributed by atoms with van der Waals surface area (Å²) in [6.45, 7) is 13.1. The molecule has 0 N–H and O–H groups in total. The average molecular weight is 261 g/mol. The van der Waals surface area contributed by atoms with Crippen LogP contribution in [0.3, 0.4) is 0 Å². The van der Waals surface area contributed by atoms with Gasteiger partial charge in [0.25, 0.3) is 0 Å². The van der Waals surface area contributed by atoms with Gasteiger partial charge in [-0.2, -0.15) is 0 Å². The summed E-state index contributed by atoms with van der Waals surface area (Å²) in [6.07, 6.45) is 2.72. The molecule has 1 aliphatic rings. The Hall–Kier alpha value is -1.02. The van der Waals surface area contributed by atoms with Crippen LogP contribution in [0.2, 0.25) is 0 Å². The van der Waals surface area contributed by atoms with E-state index >= 15 is 0 Å². The summed E-state index contributed by atoms with van der Waals surface area (Å²) in [6, 6.07) is 4.40. The van der Waals surface area contributed by atoms with E-state index in [1.807, 2.05) is 0 Å². The number of piperidine rings is 1. The minimum atomic E-state index is 0.803. The minimum Gasteiger partial charge on any atom is -0.492 e. The molecular weight excluding hydrogens is 234 g/mol. The van der Waals surface area contributed by atoms with Crippen molar-refractivity contribution in [2.45, 2.75) is 40.5 Å². The average Bonchev–Trinajstić information content (AvgIpc) is 2.32. The summed E-state index contributed by atoms with van der Waals surface area (Å²) in [5, 5.41) is 0. The number of nitrogens with zero attached hydrogens (tertiary/aromatic N) is 1. The summed E-state index contributed by atoms with van der Waals surface area (Å²) in [5.41, 5.74) is 3.82. The van der Waals surface area contributed by atoms with E-state index in [1.165, 1.54) is 42.6 Å². The summed E-state index contributed by atoms with van der Waals surface area (Å²) in [4.78, 5) is 2.53. The maximum atomic E-state index is 6.02. The van der Waals surface area contributed by atoms with E-state index in [-0.39, 0.29) is 0 Å². The smallest absolute Gasteiger partial charge is 0.125 e. The van der Waals surface area contributed by atoms with E-state index in [0.29, 0.717) is 0 Å². The lowest BCUT2D eigenvalue weighted by Gasteiger charge is -2.30. The number of hydrogen-bond acceptors (Lipinski definition) is 2. The molecule has 1 heterocycles. The first kappa shape index (κ1) is 14.4. The molecule has 0 spiro atoms. The Kier molecular flexibility index (Phi) is 4.87. The van der Waals surface area contributed by atoms with Crippen molar-refractivity contribution < 1.29 is 4.74 Å². The largest absolute Gasteiger partial charge is 0.492 e. The highest BCUT2D eigenvalue weighted by molar-refractivity contribution is 5.42. The van der Waals surface area contributed by atoms with Crippen molar-refractivity contribution in [3.63, 3.8) is 0 Å². The van der Waals surface area contributed by atoms with Gasteiger partial charge in [-0.25, -0.2) is 0 Å². The standard InChI is InChI=1S/C17H27NO/c1-13-6-5-7-18(12-13)8-9-19-17-15(3)10-14(2)11-16(17)4/h10-11,13H,5-9,12H2,1-4H3/t13-/m1/s1. The van der Waals surface area contributed by atoms with Crippen LogP contribution in [0.4, 0.5) is 0 Å². The Morgan fingerprint density at radius 3 is 2.53 bits per heavy atom. The van der Waals surface area contributed by atoms with Gasteiger partial charge in [-0.05, 0) is 57.2 Å². The first-order valence-electron chi connectivity index (χ1n) is 7.49. The van der Waals surface area contributed by atoms with E-state index in [0.717, 1.165) is 24.8 Å². The summed E-state index contributed by atoms with van der Waals surface area (Å²) in [7, 11) is 0. The molecule has 19 heavy (non-hydrogen) atoms. The molecule has 1 fully saturated rings. The molecule has 2 nitrogen and oxygen atoms in total. The van der Waals surface area contributed by atoms with E-state index in [2.05, 4.69) is 44.7 Å². The Balaban J connectivity index is 1.85. The third kappa shape index (κ3) is 3.97. The van der Waals surface area contributed by atoms with Gasteiger partial charge in [0.05, 0.1) is 0 Å². The fourth-order valence-electron chi connectivity index (χ4n) is 3.16. The maximum Gasteiger partial charge on any atom is 0.125 e. The molecule has 0 amide bonds. The quantitative estimate of drug-likeness (QED) is 0.819. The summed E-state index contributed by atoms with van der Waals surface area (Å²) in [5.74, 6) is 1.92. The third-order valence-corrected chi connectivity index (χ3v) is 4.00. The predicted molar refractivity (Wildman–Crippen MR) is 81.0 cm³/mol. The Bertz CT molecular complexity index is 404. The van der Waals surface area contributed by atoms with Gasteiger partial charge in [-0.3, -0.25) is 4.90 Å². The molecule has 0 radical (unpaired) electrons. The Morgan fingerprint density at radius 2 is 1.89 bits per heavy atom. The number of ether oxygens (including phenoxy) is 1. The van der Waals surface area contributed by atoms with Crippen molar-refractivity contribution in [1.82, 2.24) is 4.90 Å². The summed E-state index contributed by atoms with van der Waals surface area (Å²) >= 11 is 0. The normalized spacial score (nSPS) is 20.5. The lowest BCUT2D eigenvalue weighted by atomic mass is 10.0. The monoisotopic (exact) mass is 261 g/mol. The van der Waals surface area contributed by atoms with Crippen molar-refractivity contribution in [3.05, 3.63) is 28.8 Å². The van der Waals surface area contributed by atoms with Crippen LogP contribution < -0.4 is 4.74 Å². The van der Waals surface area contributed by atoms with Crippen LogP contribution in [-0.2, 0) is 0 Å². The predicted octanol–water partition coefficient (Wildman–Crippen LogP) is 3.72. The lowest BCUT2D eigenvalue weighted by Crippen LogP contribution is -2.37. The van der Waals surface area contributed by atoms with Crippen molar-refractivity contribution in [3.8, 4) is 5.75 Å². The van der Waals surface area contributed by atoms with Gasteiger partial charge in [-0.1, -0.05) is 24.6 Å². The second-order valence-corrected chi connectivity index (χ2v) is 6.12. The molecule has 106 valence electrons. The van der Waals surface area contributed by atoms with Gasteiger partial charge < -0.3 is 4.74 Å². The number of hydrogen-bond donors (Lipinski definition) is 0. The van der Waals surface area contributed by atoms with Gasteiger partial charge in [0.15, 0.2) is 0 Å². The molecule has 2 heteroatoms. The van der Waals surface area contributed by atoms with Crippen LogP contribution in [0.5, 0.6) is 5.75 Å². The van der Waals surface area contributed by atoms with Crippen molar-refractivity contribution >= 4 is 0 Å². The highest BCUT2D eigenvalue weighted by Gasteiger charge is 2.16. The van der Waals surface area contributed by atoms with E-state index in [4.69, 9.17) is 4.74 Å². The topological polar surface area (TPSA) is 12.5 Å². The van der Waals surface area contributed by atoms with Gasteiger partial charge in [0, 0.05) is 13.1 Å². The number of likely N-dealkylation sites (tertiary alicyclic amines) is 1. The zero-order valence-electron chi connectivity index (χ0n) is 12.8. The molecule has 0 unspecified atom stereocenters. The Labute approximate surface area is 117 Å². The highest BCUT2D eigenvalue weighted by Crippen LogP contribution is 2.24. The molecule has 1 aromatic rings. The number of benzene rings is 1. The van der Waals surface area contributed by atoms with Crippen LogP contribution in [0.15, 0.2) is 12.1 Å². The zero-order chi connectivity index (χ0) is 13.8. The number of rotatable bonds is 4. The van der Waals surface area contributed by atoms with E-state index in [9.17, 15) is 0 Å². The third-order valence-electron chi connectivity index (χ3n) is 4.00. The molecular formula is C17H27NO. The molecule has 1 atom stereocenters. The first-order chi connectivity index (χ1) is 9.06. The fraction of sp³-hybridized carbons (Fsp3) is 0.647. The molecule has 1 aromatic carbocycles. The lowest BCUT2D eigenvalue weighted by molar-refractivity contribution is 0.153. The van der Waals surface area contributed by atoms with Gasteiger partial charge in [0.1, 0.15) is 12.4 Å². The van der Waals surface area contributed by atoms with Gasteiger partial charge >= 0.3 is 0 Å². The fourth-order valence-corrected chi connectivity index (χ4v) is 3.16. The van der Waals surface area contributed by atoms with Crippen LogP contribution in [0, 0.1) is 26.7 Å². The highest BCUT2D eigenvalue weighted by atomic mass is 16.5. The molecule has 2 rings (SSSR count). The second-order valence-electron chi connectivity index (χ2n) is 6.12. The van der Waals surface area contributed by atoms with Gasteiger partial charge in [-0.15, -0.1) is 0 Å². The second kappa shape index (κ2) is 6.42. The number of aryl methyl sites for hydroxylation is 3. The van der Waals surface area contributed by atoms with Crippen LogP contribution in [0.1, 0.15) is 36.5 Å². The first-order valence-corrected chi connectivity index (χ1v) is 7.49. The van der Waals surface area contributed by atoms with Crippen molar-refractivity contribution in [1.29, 1.82) is 0 Å². The molecule has 0 aromatic heterocycles.